The first-order valence-corrected chi connectivity index (χ1v) is 11.7. The first kappa shape index (κ1) is 24.0. The molecule has 1 N–H and O–H groups in total. The molecule has 0 aliphatic carbocycles. The summed E-state index contributed by atoms with van der Waals surface area (Å²) in [5.41, 5.74) is 4.14. The molecule has 0 saturated carbocycles. The van der Waals surface area contributed by atoms with E-state index < -0.39 is 6.10 Å². The standard InChI is InChI=1S/C26H33N3O5/c1-17(2)34-26(32)28-14-18(3)29(16-33-4)23-10-9-21(13-24(23)28)19-5-7-20(8-6-19)25(31)27-12-11-22(30)15-27/h5-10,13,17-18,22,30H,11-12,14-16H2,1-4H3/t18-,22+/m0/s1. The molecule has 2 heterocycles. The van der Waals surface area contributed by atoms with Crippen molar-refractivity contribution in [3.05, 3.63) is 48.0 Å². The number of aliphatic hydroxyl groups is 1. The van der Waals surface area contributed by atoms with Crippen molar-refractivity contribution >= 4 is 23.4 Å². The Morgan fingerprint density at radius 3 is 2.38 bits per heavy atom. The lowest BCUT2D eigenvalue weighted by Gasteiger charge is -2.41. The third-order valence-corrected chi connectivity index (χ3v) is 6.30. The van der Waals surface area contributed by atoms with E-state index in [1.165, 1.54) is 0 Å². The number of carbonyl (C=O) groups is 2. The number of carbonyl (C=O) groups excluding carboxylic acids is 2. The number of fused-ring (bicyclic) bond motifs is 1. The highest BCUT2D eigenvalue weighted by Gasteiger charge is 2.33. The minimum Gasteiger partial charge on any atom is -0.446 e. The second-order valence-electron chi connectivity index (χ2n) is 9.25. The van der Waals surface area contributed by atoms with Crippen LogP contribution in [0.3, 0.4) is 0 Å². The third kappa shape index (κ3) is 4.88. The van der Waals surface area contributed by atoms with Gasteiger partial charge in [0.25, 0.3) is 5.91 Å². The quantitative estimate of drug-likeness (QED) is 0.722. The molecule has 1 saturated heterocycles. The van der Waals surface area contributed by atoms with Crippen LogP contribution >= 0.6 is 0 Å². The zero-order valence-electron chi connectivity index (χ0n) is 20.2. The zero-order chi connectivity index (χ0) is 24.4. The van der Waals surface area contributed by atoms with Crippen LogP contribution in [0.2, 0.25) is 0 Å². The van der Waals surface area contributed by atoms with Crippen molar-refractivity contribution in [3.8, 4) is 11.1 Å². The number of benzene rings is 2. The second kappa shape index (κ2) is 10.0. The summed E-state index contributed by atoms with van der Waals surface area (Å²) in [6, 6.07) is 13.5. The van der Waals surface area contributed by atoms with Crippen LogP contribution in [0.4, 0.5) is 16.2 Å². The van der Waals surface area contributed by atoms with Crippen molar-refractivity contribution in [1.82, 2.24) is 4.90 Å². The Morgan fingerprint density at radius 1 is 1.06 bits per heavy atom. The van der Waals surface area contributed by atoms with Crippen LogP contribution < -0.4 is 9.80 Å². The number of hydrogen-bond acceptors (Lipinski definition) is 6. The van der Waals surface area contributed by atoms with Gasteiger partial charge in [-0.05, 0) is 62.6 Å². The van der Waals surface area contributed by atoms with E-state index in [0.717, 1.165) is 22.5 Å². The number of hydrogen-bond donors (Lipinski definition) is 1. The van der Waals surface area contributed by atoms with Crippen molar-refractivity contribution in [2.24, 2.45) is 0 Å². The fraction of sp³-hybridized carbons (Fsp3) is 0.462. The van der Waals surface area contributed by atoms with Crippen molar-refractivity contribution in [2.45, 2.75) is 45.4 Å². The van der Waals surface area contributed by atoms with E-state index in [9.17, 15) is 14.7 Å². The minimum atomic E-state index is -0.440. The van der Waals surface area contributed by atoms with E-state index >= 15 is 0 Å². The molecule has 182 valence electrons. The largest absolute Gasteiger partial charge is 0.446 e. The van der Waals surface area contributed by atoms with Crippen LogP contribution in [0.1, 0.15) is 37.6 Å². The Kier molecular flexibility index (Phi) is 7.09. The highest BCUT2D eigenvalue weighted by Crippen LogP contribution is 2.39. The van der Waals surface area contributed by atoms with Crippen LogP contribution in [-0.4, -0.2) is 73.7 Å². The molecule has 2 aromatic rings. The Labute approximate surface area is 200 Å². The molecule has 2 aliphatic rings. The summed E-state index contributed by atoms with van der Waals surface area (Å²) in [4.78, 5) is 31.1. The van der Waals surface area contributed by atoms with Crippen LogP contribution in [-0.2, 0) is 9.47 Å². The summed E-state index contributed by atoms with van der Waals surface area (Å²) in [6.07, 6.45) is -0.406. The summed E-state index contributed by atoms with van der Waals surface area (Å²) < 4.78 is 10.9. The first-order valence-electron chi connectivity index (χ1n) is 11.7. The summed E-state index contributed by atoms with van der Waals surface area (Å²) in [7, 11) is 1.66. The Bertz CT molecular complexity index is 1040. The average Bonchev–Trinajstić information content (AvgIpc) is 3.25. The lowest BCUT2D eigenvalue weighted by atomic mass is 10.00. The van der Waals surface area contributed by atoms with Crippen LogP contribution in [0.15, 0.2) is 42.5 Å². The van der Waals surface area contributed by atoms with Gasteiger partial charge in [-0.3, -0.25) is 9.69 Å². The monoisotopic (exact) mass is 467 g/mol. The molecule has 0 bridgehead atoms. The summed E-state index contributed by atoms with van der Waals surface area (Å²) in [5.74, 6) is -0.0691. The van der Waals surface area contributed by atoms with Crippen LogP contribution in [0, 0.1) is 0 Å². The molecule has 0 unspecified atom stereocenters. The average molecular weight is 468 g/mol. The molecule has 8 nitrogen and oxygen atoms in total. The predicted molar refractivity (Wildman–Crippen MR) is 131 cm³/mol. The number of methoxy groups -OCH3 is 1. The van der Waals surface area contributed by atoms with Gasteiger partial charge in [0, 0.05) is 38.3 Å². The number of β-amino-alcohol motifs (C(OH)–C–C–N with tert-alkyl or cyclic N) is 1. The molecule has 2 aromatic carbocycles. The maximum absolute atomic E-state index is 12.9. The molecule has 8 heteroatoms. The van der Waals surface area contributed by atoms with Crippen LogP contribution in [0.25, 0.3) is 11.1 Å². The number of ether oxygens (including phenoxy) is 2. The lowest BCUT2D eigenvalue weighted by molar-refractivity contribution is 0.0765. The molecule has 34 heavy (non-hydrogen) atoms. The number of aliphatic hydroxyl groups excluding tert-OH is 1. The Hall–Kier alpha value is -3.10. The number of amides is 2. The molecule has 0 radical (unpaired) electrons. The van der Waals surface area contributed by atoms with Gasteiger partial charge in [0.2, 0.25) is 0 Å². The summed E-state index contributed by atoms with van der Waals surface area (Å²) >= 11 is 0. The first-order chi connectivity index (χ1) is 16.3. The van der Waals surface area contributed by atoms with E-state index in [1.54, 1.807) is 16.9 Å². The molecular weight excluding hydrogens is 434 g/mol. The summed E-state index contributed by atoms with van der Waals surface area (Å²) in [6.45, 7) is 7.59. The van der Waals surface area contributed by atoms with Crippen molar-refractivity contribution in [2.75, 3.05) is 43.3 Å². The van der Waals surface area contributed by atoms with Gasteiger partial charge in [0.1, 0.15) is 6.73 Å². The Morgan fingerprint density at radius 2 is 1.76 bits per heavy atom. The molecular formula is C26H33N3O5. The van der Waals surface area contributed by atoms with Gasteiger partial charge in [-0.25, -0.2) is 4.79 Å². The maximum atomic E-state index is 12.9. The smallest absolute Gasteiger partial charge is 0.414 e. The zero-order valence-corrected chi connectivity index (χ0v) is 20.2. The van der Waals surface area contributed by atoms with Crippen LogP contribution in [0.5, 0.6) is 0 Å². The highest BCUT2D eigenvalue weighted by molar-refractivity contribution is 5.97. The van der Waals surface area contributed by atoms with E-state index in [-0.39, 0.29) is 24.1 Å². The number of anilines is 2. The second-order valence-corrected chi connectivity index (χ2v) is 9.25. The molecule has 0 spiro atoms. The highest BCUT2D eigenvalue weighted by atomic mass is 16.6. The van der Waals surface area contributed by atoms with Crippen molar-refractivity contribution < 1.29 is 24.2 Å². The van der Waals surface area contributed by atoms with Gasteiger partial charge in [0.15, 0.2) is 0 Å². The lowest BCUT2D eigenvalue weighted by Crippen LogP contribution is -2.50. The topological polar surface area (TPSA) is 82.6 Å². The molecule has 0 aromatic heterocycles. The molecule has 1 fully saturated rings. The molecule has 2 amide bonds. The van der Waals surface area contributed by atoms with E-state index in [4.69, 9.17) is 9.47 Å². The summed E-state index contributed by atoms with van der Waals surface area (Å²) in [5, 5.41) is 9.72. The van der Waals surface area contributed by atoms with Gasteiger partial charge < -0.3 is 24.4 Å². The molecule has 2 atom stereocenters. The van der Waals surface area contributed by atoms with Gasteiger partial charge >= 0.3 is 6.09 Å². The predicted octanol–water partition coefficient (Wildman–Crippen LogP) is 3.72. The van der Waals surface area contributed by atoms with E-state index in [1.807, 2.05) is 56.3 Å². The van der Waals surface area contributed by atoms with Gasteiger partial charge in [-0.2, -0.15) is 0 Å². The van der Waals surface area contributed by atoms with E-state index in [0.29, 0.717) is 38.3 Å². The number of rotatable bonds is 5. The third-order valence-electron chi connectivity index (χ3n) is 6.30. The minimum absolute atomic E-state index is 0.0624. The molecule has 4 rings (SSSR count). The normalized spacial score (nSPS) is 20.0. The SMILES string of the molecule is COCN1c2ccc(-c3ccc(C(=O)N4CC[C@@H](O)C4)cc3)cc2N(C(=O)OC(C)C)C[C@@H]1C. The van der Waals surface area contributed by atoms with Gasteiger partial charge in [-0.1, -0.05) is 18.2 Å². The number of nitrogens with zero attached hydrogens (tertiary/aromatic N) is 3. The maximum Gasteiger partial charge on any atom is 0.414 e. The fourth-order valence-corrected chi connectivity index (χ4v) is 4.55. The fourth-order valence-electron chi connectivity index (χ4n) is 4.55. The Balaban J connectivity index is 1.64. The van der Waals surface area contributed by atoms with Crippen molar-refractivity contribution in [3.63, 3.8) is 0 Å². The molecule has 2 aliphatic heterocycles. The van der Waals surface area contributed by atoms with Gasteiger partial charge in [0.05, 0.1) is 23.6 Å². The number of likely N-dealkylation sites (tertiary alicyclic amines) is 1. The van der Waals surface area contributed by atoms with Crippen molar-refractivity contribution in [1.29, 1.82) is 0 Å². The van der Waals surface area contributed by atoms with Gasteiger partial charge in [-0.15, -0.1) is 0 Å². The van der Waals surface area contributed by atoms with E-state index in [2.05, 4.69) is 11.8 Å².